The Kier molecular flexibility index (Phi) is 2.97. The highest BCUT2D eigenvalue weighted by Crippen LogP contribution is 2.35. The summed E-state index contributed by atoms with van der Waals surface area (Å²) < 4.78 is 0. The summed E-state index contributed by atoms with van der Waals surface area (Å²) in [5.74, 6) is 2.67. The third-order valence-electron chi connectivity index (χ3n) is 4.09. The first-order chi connectivity index (χ1) is 8.35. The maximum absolute atomic E-state index is 4.23. The second kappa shape index (κ2) is 4.61. The summed E-state index contributed by atoms with van der Waals surface area (Å²) in [7, 11) is 0. The van der Waals surface area contributed by atoms with Crippen molar-refractivity contribution in [1.82, 2.24) is 15.5 Å². The number of hydrogen-bond acceptors (Lipinski definition) is 4. The molecule has 92 valence electrons. The molecular weight excluding hydrogens is 212 g/mol. The van der Waals surface area contributed by atoms with Crippen LogP contribution in [0.4, 0.5) is 5.82 Å². The van der Waals surface area contributed by atoms with Gasteiger partial charge in [0, 0.05) is 6.04 Å². The first-order valence-corrected chi connectivity index (χ1v) is 6.65. The van der Waals surface area contributed by atoms with E-state index in [-0.39, 0.29) is 0 Å². The highest BCUT2D eigenvalue weighted by Gasteiger charge is 2.37. The maximum atomic E-state index is 4.23. The summed E-state index contributed by atoms with van der Waals surface area (Å²) >= 11 is 0. The number of nitrogens with one attached hydrogen (secondary N) is 2. The molecule has 4 heteroatoms. The Balaban J connectivity index is 1.59. The average molecular weight is 232 g/mol. The fourth-order valence-electron chi connectivity index (χ4n) is 3.12. The molecule has 2 heterocycles. The summed E-state index contributed by atoms with van der Waals surface area (Å²) in [6.45, 7) is 4.49. The lowest BCUT2D eigenvalue weighted by atomic mass is 10.0. The molecule has 0 spiro atoms. The van der Waals surface area contributed by atoms with Gasteiger partial charge in [-0.25, -0.2) is 0 Å². The van der Waals surface area contributed by atoms with Crippen molar-refractivity contribution in [1.29, 1.82) is 0 Å². The van der Waals surface area contributed by atoms with Crippen molar-refractivity contribution in [3.8, 4) is 0 Å². The zero-order valence-corrected chi connectivity index (χ0v) is 10.3. The fourth-order valence-corrected chi connectivity index (χ4v) is 3.12. The van der Waals surface area contributed by atoms with Gasteiger partial charge >= 0.3 is 0 Å². The number of hydrogen-bond donors (Lipinski definition) is 2. The summed E-state index contributed by atoms with van der Waals surface area (Å²) in [5, 5.41) is 15.4. The Hall–Kier alpha value is -1.16. The van der Waals surface area contributed by atoms with Crippen LogP contribution in [0, 0.1) is 11.8 Å². The van der Waals surface area contributed by atoms with Crippen molar-refractivity contribution < 1.29 is 0 Å². The zero-order chi connectivity index (χ0) is 11.7. The third-order valence-corrected chi connectivity index (χ3v) is 4.09. The minimum absolute atomic E-state index is 0.592. The van der Waals surface area contributed by atoms with Crippen LogP contribution < -0.4 is 10.6 Å². The largest absolute Gasteiger partial charge is 0.366 e. The summed E-state index contributed by atoms with van der Waals surface area (Å²) in [5.41, 5.74) is 1.06. The quantitative estimate of drug-likeness (QED) is 0.828. The van der Waals surface area contributed by atoms with Gasteiger partial charge in [0.2, 0.25) is 0 Å². The molecule has 1 aromatic rings. The highest BCUT2D eigenvalue weighted by molar-refractivity contribution is 5.34. The van der Waals surface area contributed by atoms with Gasteiger partial charge in [-0.05, 0) is 56.3 Å². The van der Waals surface area contributed by atoms with E-state index in [1.807, 2.05) is 0 Å². The number of aromatic nitrogens is 2. The summed E-state index contributed by atoms with van der Waals surface area (Å²) in [6, 6.07) is 4.71. The lowest BCUT2D eigenvalue weighted by molar-refractivity contribution is 0.494. The number of nitrogens with zero attached hydrogens (tertiary/aromatic N) is 2. The van der Waals surface area contributed by atoms with Gasteiger partial charge in [-0.1, -0.05) is 6.92 Å². The molecule has 1 saturated carbocycles. The van der Waals surface area contributed by atoms with Crippen LogP contribution in [0.25, 0.3) is 0 Å². The Morgan fingerprint density at radius 2 is 2.00 bits per heavy atom. The minimum Gasteiger partial charge on any atom is -0.366 e. The van der Waals surface area contributed by atoms with Gasteiger partial charge in [0.15, 0.2) is 0 Å². The molecule has 3 rings (SSSR count). The van der Waals surface area contributed by atoms with E-state index in [0.717, 1.165) is 29.8 Å². The predicted octanol–water partition coefficient (Wildman–Crippen LogP) is 1.45. The van der Waals surface area contributed by atoms with E-state index in [1.165, 1.54) is 25.9 Å². The molecule has 1 aliphatic heterocycles. The van der Waals surface area contributed by atoms with Crippen LogP contribution in [-0.4, -0.2) is 29.3 Å². The Bertz CT molecular complexity index is 364. The molecule has 4 nitrogen and oxygen atoms in total. The van der Waals surface area contributed by atoms with E-state index in [2.05, 4.69) is 39.9 Å². The van der Waals surface area contributed by atoms with Crippen molar-refractivity contribution in [2.24, 2.45) is 11.8 Å². The summed E-state index contributed by atoms with van der Waals surface area (Å²) in [6.07, 6.45) is 3.50. The van der Waals surface area contributed by atoms with Crippen molar-refractivity contribution in [2.45, 2.75) is 32.2 Å². The van der Waals surface area contributed by atoms with Gasteiger partial charge in [-0.2, -0.15) is 5.10 Å². The maximum Gasteiger partial charge on any atom is 0.148 e. The van der Waals surface area contributed by atoms with Crippen LogP contribution in [0.3, 0.4) is 0 Å². The van der Waals surface area contributed by atoms with Crippen LogP contribution in [0.1, 0.15) is 25.5 Å². The monoisotopic (exact) mass is 232 g/mol. The SMILES string of the molecule is CCc1ccc(NC2C[C@H]3CNC[C@H]3C2)nn1. The molecule has 17 heavy (non-hydrogen) atoms. The molecule has 2 fully saturated rings. The van der Waals surface area contributed by atoms with Gasteiger partial charge in [-0.3, -0.25) is 0 Å². The van der Waals surface area contributed by atoms with E-state index in [0.29, 0.717) is 6.04 Å². The minimum atomic E-state index is 0.592. The molecule has 2 N–H and O–H groups in total. The lowest BCUT2D eigenvalue weighted by Crippen LogP contribution is -2.21. The fraction of sp³-hybridized carbons (Fsp3) is 0.692. The van der Waals surface area contributed by atoms with Gasteiger partial charge in [-0.15, -0.1) is 5.10 Å². The average Bonchev–Trinajstić information content (AvgIpc) is 2.90. The van der Waals surface area contributed by atoms with Crippen molar-refractivity contribution >= 4 is 5.82 Å². The molecule has 0 bridgehead atoms. The van der Waals surface area contributed by atoms with Gasteiger partial charge in [0.1, 0.15) is 5.82 Å². The van der Waals surface area contributed by atoms with Crippen molar-refractivity contribution in [3.05, 3.63) is 17.8 Å². The van der Waals surface area contributed by atoms with Crippen molar-refractivity contribution in [3.63, 3.8) is 0 Å². The second-order valence-electron chi connectivity index (χ2n) is 5.25. The normalized spacial score (nSPS) is 31.5. The molecule has 1 unspecified atom stereocenters. The molecule has 1 aromatic heterocycles. The molecule has 1 aliphatic carbocycles. The van der Waals surface area contributed by atoms with E-state index < -0.39 is 0 Å². The third kappa shape index (κ3) is 2.27. The predicted molar refractivity (Wildman–Crippen MR) is 67.9 cm³/mol. The molecule has 0 aromatic carbocycles. The van der Waals surface area contributed by atoms with E-state index >= 15 is 0 Å². The molecule has 2 aliphatic rings. The van der Waals surface area contributed by atoms with Gasteiger partial charge in [0.05, 0.1) is 5.69 Å². The first kappa shape index (κ1) is 11.0. The van der Waals surface area contributed by atoms with Crippen molar-refractivity contribution in [2.75, 3.05) is 18.4 Å². The first-order valence-electron chi connectivity index (χ1n) is 6.65. The highest BCUT2D eigenvalue weighted by atomic mass is 15.2. The van der Waals surface area contributed by atoms with Crippen LogP contribution >= 0.6 is 0 Å². The van der Waals surface area contributed by atoms with Gasteiger partial charge in [0.25, 0.3) is 0 Å². The Morgan fingerprint density at radius 1 is 1.24 bits per heavy atom. The zero-order valence-electron chi connectivity index (χ0n) is 10.3. The van der Waals surface area contributed by atoms with Crippen LogP contribution in [0.2, 0.25) is 0 Å². The number of rotatable bonds is 3. The number of anilines is 1. The van der Waals surface area contributed by atoms with Crippen LogP contribution in [0.15, 0.2) is 12.1 Å². The number of fused-ring (bicyclic) bond motifs is 1. The van der Waals surface area contributed by atoms with Crippen LogP contribution in [-0.2, 0) is 6.42 Å². The molecule has 0 radical (unpaired) electrons. The smallest absolute Gasteiger partial charge is 0.148 e. The van der Waals surface area contributed by atoms with E-state index in [1.54, 1.807) is 0 Å². The Morgan fingerprint density at radius 3 is 2.59 bits per heavy atom. The lowest BCUT2D eigenvalue weighted by Gasteiger charge is -2.14. The second-order valence-corrected chi connectivity index (χ2v) is 5.25. The summed E-state index contributed by atoms with van der Waals surface area (Å²) in [4.78, 5) is 0. The molecule has 3 atom stereocenters. The molecule has 0 amide bonds. The van der Waals surface area contributed by atoms with E-state index in [4.69, 9.17) is 0 Å². The number of aryl methyl sites for hydroxylation is 1. The molecule has 1 saturated heterocycles. The Labute approximate surface area is 102 Å². The van der Waals surface area contributed by atoms with Crippen LogP contribution in [0.5, 0.6) is 0 Å². The van der Waals surface area contributed by atoms with Gasteiger partial charge < -0.3 is 10.6 Å². The molecular formula is C13H20N4. The standard InChI is InChI=1S/C13H20N4/c1-2-11-3-4-13(17-16-11)15-12-5-9-7-14-8-10(9)6-12/h3-4,9-10,12,14H,2,5-8H2,1H3,(H,15,17)/t9-,10+,12?. The topological polar surface area (TPSA) is 49.8 Å². The van der Waals surface area contributed by atoms with E-state index in [9.17, 15) is 0 Å².